The van der Waals surface area contributed by atoms with Crippen LogP contribution in [0.4, 0.5) is 0 Å². The molecule has 1 amide bonds. The van der Waals surface area contributed by atoms with Gasteiger partial charge in [0.2, 0.25) is 15.9 Å². The molecule has 5 nitrogen and oxygen atoms in total. The molecular weight excluding hydrogens is 192 g/mol. The highest BCUT2D eigenvalue weighted by atomic mass is 32.2. The van der Waals surface area contributed by atoms with E-state index in [1.54, 1.807) is 13.0 Å². The number of hydrogen-bond donors (Lipinski definition) is 2. The van der Waals surface area contributed by atoms with Gasteiger partial charge in [-0.3, -0.25) is 4.79 Å². The molecular formula is C7H14N2O3S. The van der Waals surface area contributed by atoms with Crippen molar-refractivity contribution < 1.29 is 13.2 Å². The van der Waals surface area contributed by atoms with Gasteiger partial charge in [-0.25, -0.2) is 13.1 Å². The molecule has 0 saturated carbocycles. The summed E-state index contributed by atoms with van der Waals surface area (Å²) in [6.07, 6.45) is 2.92. The number of carbonyl (C=O) groups is 1. The Hall–Kier alpha value is -0.880. The van der Waals surface area contributed by atoms with Crippen molar-refractivity contribution in [2.45, 2.75) is 6.92 Å². The van der Waals surface area contributed by atoms with Gasteiger partial charge in [0.1, 0.15) is 0 Å². The fraction of sp³-hybridized carbons (Fsp3) is 0.571. The minimum Gasteiger partial charge on any atom is -0.351 e. The zero-order valence-corrected chi connectivity index (χ0v) is 8.52. The molecule has 0 unspecified atom stereocenters. The molecule has 0 saturated heterocycles. The Balaban J connectivity index is 3.75. The Bertz CT molecular complexity index is 282. The van der Waals surface area contributed by atoms with Crippen LogP contribution in [0.25, 0.3) is 0 Å². The van der Waals surface area contributed by atoms with E-state index in [0.717, 1.165) is 0 Å². The Labute approximate surface area is 78.3 Å². The van der Waals surface area contributed by atoms with Gasteiger partial charge in [-0.1, -0.05) is 6.08 Å². The first-order valence-corrected chi connectivity index (χ1v) is 5.49. The molecule has 76 valence electrons. The highest BCUT2D eigenvalue weighted by Crippen LogP contribution is 1.80. The molecule has 0 aromatic carbocycles. The monoisotopic (exact) mass is 206 g/mol. The zero-order chi connectivity index (χ0) is 10.3. The van der Waals surface area contributed by atoms with E-state index in [9.17, 15) is 13.2 Å². The molecule has 0 atom stereocenters. The van der Waals surface area contributed by atoms with Gasteiger partial charge >= 0.3 is 0 Å². The fourth-order valence-electron chi connectivity index (χ4n) is 0.621. The van der Waals surface area contributed by atoms with Gasteiger partial charge in [0.15, 0.2) is 0 Å². The minimum atomic E-state index is -3.22. The third kappa shape index (κ3) is 6.30. The Morgan fingerprint density at radius 3 is 2.54 bits per heavy atom. The quantitative estimate of drug-likeness (QED) is 0.580. The van der Waals surface area contributed by atoms with Crippen molar-refractivity contribution in [2.75, 3.05) is 19.3 Å². The van der Waals surface area contributed by atoms with Gasteiger partial charge in [-0.15, -0.1) is 0 Å². The van der Waals surface area contributed by atoms with E-state index >= 15 is 0 Å². The molecule has 0 aromatic rings. The maximum atomic E-state index is 10.9. The summed E-state index contributed by atoms with van der Waals surface area (Å²) in [7, 11) is -1.88. The van der Waals surface area contributed by atoms with E-state index in [1.165, 1.54) is 13.1 Å². The lowest BCUT2D eigenvalue weighted by atomic mass is 10.5. The smallest absolute Gasteiger partial charge is 0.243 e. The van der Waals surface area contributed by atoms with Gasteiger partial charge in [0.05, 0.1) is 5.75 Å². The third-order valence-corrected chi connectivity index (χ3v) is 2.66. The first-order chi connectivity index (χ1) is 6.02. The van der Waals surface area contributed by atoms with Crippen molar-refractivity contribution in [2.24, 2.45) is 0 Å². The van der Waals surface area contributed by atoms with Crippen LogP contribution in [0.2, 0.25) is 0 Å². The minimum absolute atomic E-state index is 0.104. The van der Waals surface area contributed by atoms with Crippen molar-refractivity contribution in [1.82, 2.24) is 10.0 Å². The molecule has 2 N–H and O–H groups in total. The zero-order valence-electron chi connectivity index (χ0n) is 7.70. The SMILES string of the molecule is C/C=C/C(=O)NCCS(=O)(=O)NC. The van der Waals surface area contributed by atoms with Crippen LogP contribution in [-0.2, 0) is 14.8 Å². The lowest BCUT2D eigenvalue weighted by molar-refractivity contribution is -0.116. The summed E-state index contributed by atoms with van der Waals surface area (Å²) in [6.45, 7) is 1.83. The molecule has 0 spiro atoms. The summed E-state index contributed by atoms with van der Waals surface area (Å²) >= 11 is 0. The first kappa shape index (κ1) is 12.1. The first-order valence-electron chi connectivity index (χ1n) is 3.83. The van der Waals surface area contributed by atoms with Crippen LogP contribution in [0.5, 0.6) is 0 Å². The summed E-state index contributed by atoms with van der Waals surface area (Å²) < 4.78 is 23.9. The number of rotatable bonds is 5. The number of sulfonamides is 1. The molecule has 0 aliphatic heterocycles. The molecule has 0 aliphatic rings. The summed E-state index contributed by atoms with van der Waals surface area (Å²) in [5.41, 5.74) is 0. The predicted molar refractivity (Wildman–Crippen MR) is 50.7 cm³/mol. The van der Waals surface area contributed by atoms with Gasteiger partial charge in [-0.05, 0) is 20.0 Å². The number of nitrogens with one attached hydrogen (secondary N) is 2. The summed E-state index contributed by atoms with van der Waals surface area (Å²) in [5, 5.41) is 2.43. The molecule has 0 rings (SSSR count). The summed E-state index contributed by atoms with van der Waals surface area (Å²) in [4.78, 5) is 10.8. The van der Waals surface area contributed by atoms with Crippen molar-refractivity contribution in [3.63, 3.8) is 0 Å². The summed E-state index contributed by atoms with van der Waals surface area (Å²) in [5.74, 6) is -0.388. The summed E-state index contributed by atoms with van der Waals surface area (Å²) in [6, 6.07) is 0. The van der Waals surface area contributed by atoms with E-state index in [-0.39, 0.29) is 18.2 Å². The second-order valence-corrected chi connectivity index (χ2v) is 4.36. The standard InChI is InChI=1S/C7H14N2O3S/c1-3-4-7(10)9-5-6-13(11,12)8-2/h3-4,8H,5-6H2,1-2H3,(H,9,10)/b4-3+. The molecule has 0 bridgehead atoms. The molecule has 0 fully saturated rings. The predicted octanol–water partition coefficient (Wildman–Crippen LogP) is -0.772. The maximum Gasteiger partial charge on any atom is 0.243 e. The molecule has 0 heterocycles. The van der Waals surface area contributed by atoms with Crippen LogP contribution in [0.1, 0.15) is 6.92 Å². The second kappa shape index (κ2) is 5.71. The number of allylic oxidation sites excluding steroid dienone is 1. The van der Waals surface area contributed by atoms with Gasteiger partial charge < -0.3 is 5.32 Å². The van der Waals surface area contributed by atoms with Crippen LogP contribution in [-0.4, -0.2) is 33.7 Å². The van der Waals surface area contributed by atoms with Crippen LogP contribution in [0.15, 0.2) is 12.2 Å². The number of carbonyl (C=O) groups excluding carboxylic acids is 1. The van der Waals surface area contributed by atoms with E-state index in [2.05, 4.69) is 10.0 Å². The largest absolute Gasteiger partial charge is 0.351 e. The Kier molecular flexibility index (Phi) is 5.33. The van der Waals surface area contributed by atoms with Gasteiger partial charge in [-0.2, -0.15) is 0 Å². The van der Waals surface area contributed by atoms with Gasteiger partial charge in [0, 0.05) is 6.54 Å². The van der Waals surface area contributed by atoms with E-state index < -0.39 is 10.0 Å². The maximum absolute atomic E-state index is 10.9. The average Bonchev–Trinajstić information content (AvgIpc) is 2.05. The van der Waals surface area contributed by atoms with E-state index in [0.29, 0.717) is 0 Å². The fourth-order valence-corrected chi connectivity index (χ4v) is 1.20. The van der Waals surface area contributed by atoms with Crippen LogP contribution >= 0.6 is 0 Å². The molecule has 0 aliphatic carbocycles. The van der Waals surface area contributed by atoms with Crippen molar-refractivity contribution in [3.8, 4) is 0 Å². The third-order valence-electron chi connectivity index (χ3n) is 1.30. The second-order valence-electron chi connectivity index (χ2n) is 2.31. The van der Waals surface area contributed by atoms with Crippen molar-refractivity contribution in [3.05, 3.63) is 12.2 Å². The van der Waals surface area contributed by atoms with Crippen LogP contribution < -0.4 is 10.0 Å². The molecule has 0 radical (unpaired) electrons. The Morgan fingerprint density at radius 1 is 1.46 bits per heavy atom. The lowest BCUT2D eigenvalue weighted by Crippen LogP contribution is -2.32. The normalized spacial score (nSPS) is 11.8. The lowest BCUT2D eigenvalue weighted by Gasteiger charge is -2.02. The number of amides is 1. The average molecular weight is 206 g/mol. The van der Waals surface area contributed by atoms with E-state index in [4.69, 9.17) is 0 Å². The van der Waals surface area contributed by atoms with Crippen molar-refractivity contribution in [1.29, 1.82) is 0 Å². The van der Waals surface area contributed by atoms with Crippen LogP contribution in [0, 0.1) is 0 Å². The molecule has 6 heteroatoms. The molecule has 0 aromatic heterocycles. The highest BCUT2D eigenvalue weighted by molar-refractivity contribution is 7.89. The van der Waals surface area contributed by atoms with E-state index in [1.807, 2.05) is 0 Å². The molecule has 13 heavy (non-hydrogen) atoms. The van der Waals surface area contributed by atoms with Crippen LogP contribution in [0.3, 0.4) is 0 Å². The number of hydrogen-bond acceptors (Lipinski definition) is 3. The van der Waals surface area contributed by atoms with Gasteiger partial charge in [0.25, 0.3) is 0 Å². The van der Waals surface area contributed by atoms with Crippen molar-refractivity contribution >= 4 is 15.9 Å². The Morgan fingerprint density at radius 2 is 2.08 bits per heavy atom. The highest BCUT2D eigenvalue weighted by Gasteiger charge is 2.05. The topological polar surface area (TPSA) is 75.3 Å².